The van der Waals surface area contributed by atoms with E-state index in [1.807, 2.05) is 87.5 Å². The molecule has 50 heavy (non-hydrogen) atoms. The Morgan fingerprint density at radius 1 is 0.720 bits per heavy atom. The summed E-state index contributed by atoms with van der Waals surface area (Å²) in [6.45, 7) is 5.71. The number of methoxy groups -OCH3 is 3. The van der Waals surface area contributed by atoms with Gasteiger partial charge in [-0.2, -0.15) is 4.31 Å². The third-order valence-corrected chi connectivity index (χ3v) is 9.55. The fourth-order valence-electron chi connectivity index (χ4n) is 5.31. The molecule has 5 aromatic rings. The third kappa shape index (κ3) is 8.79. The largest absolute Gasteiger partial charge is 0.493 e. The number of amides is 1. The summed E-state index contributed by atoms with van der Waals surface area (Å²) in [4.78, 5) is 16.5. The van der Waals surface area contributed by atoms with Crippen LogP contribution in [0.25, 0.3) is 22.3 Å². The van der Waals surface area contributed by atoms with Crippen molar-refractivity contribution in [3.8, 4) is 39.5 Å². The maximum atomic E-state index is 14.2. The minimum atomic E-state index is -3.93. The Labute approximate surface area is 293 Å². The van der Waals surface area contributed by atoms with Crippen LogP contribution < -0.4 is 19.5 Å². The number of hydrogen-bond donors (Lipinski definition) is 1. The van der Waals surface area contributed by atoms with E-state index in [-0.39, 0.29) is 18.0 Å². The highest BCUT2D eigenvalue weighted by Crippen LogP contribution is 2.41. The average Bonchev–Trinajstić information content (AvgIpc) is 3.11. The summed E-state index contributed by atoms with van der Waals surface area (Å²) >= 11 is 0. The Balaban J connectivity index is 1.36. The Bertz CT molecular complexity index is 1990. The van der Waals surface area contributed by atoms with E-state index >= 15 is 0 Å². The van der Waals surface area contributed by atoms with Crippen molar-refractivity contribution in [2.24, 2.45) is 0 Å². The Morgan fingerprint density at radius 3 is 1.78 bits per heavy atom. The van der Waals surface area contributed by atoms with Gasteiger partial charge in [0.15, 0.2) is 11.5 Å². The van der Waals surface area contributed by atoms with Gasteiger partial charge in [0, 0.05) is 31.2 Å². The van der Waals surface area contributed by atoms with Crippen LogP contribution in [0, 0.1) is 0 Å². The summed E-state index contributed by atoms with van der Waals surface area (Å²) in [5, 5.41) is 2.74. The molecule has 0 bridgehead atoms. The van der Waals surface area contributed by atoms with Crippen molar-refractivity contribution in [3.05, 3.63) is 121 Å². The van der Waals surface area contributed by atoms with Crippen molar-refractivity contribution in [3.63, 3.8) is 0 Å². The van der Waals surface area contributed by atoms with Crippen LogP contribution in [0.5, 0.6) is 17.2 Å². The molecule has 0 aliphatic rings. The fraction of sp³-hybridized carbons (Fsp3) is 0.231. The van der Waals surface area contributed by atoms with Gasteiger partial charge in [-0.05, 0) is 96.6 Å². The van der Waals surface area contributed by atoms with Crippen LogP contribution in [0.2, 0.25) is 0 Å². The van der Waals surface area contributed by atoms with Crippen molar-refractivity contribution in [2.75, 3.05) is 26.6 Å². The predicted octanol–water partition coefficient (Wildman–Crippen LogP) is 8.18. The van der Waals surface area contributed by atoms with E-state index in [4.69, 9.17) is 18.9 Å². The zero-order valence-electron chi connectivity index (χ0n) is 29.0. The zero-order valence-corrected chi connectivity index (χ0v) is 29.8. The number of rotatable bonds is 12. The number of pyridine rings is 1. The summed E-state index contributed by atoms with van der Waals surface area (Å²) in [5.74, 6) is 1.47. The first-order valence-electron chi connectivity index (χ1n) is 15.9. The molecule has 1 aromatic heterocycles. The van der Waals surface area contributed by atoms with Crippen LogP contribution in [0.4, 0.5) is 10.5 Å². The number of hydrogen-bond acceptors (Lipinski definition) is 8. The van der Waals surface area contributed by atoms with E-state index in [2.05, 4.69) is 10.3 Å². The first-order valence-corrected chi connectivity index (χ1v) is 17.3. The van der Waals surface area contributed by atoms with E-state index in [0.717, 1.165) is 33.4 Å². The first-order chi connectivity index (χ1) is 23.9. The van der Waals surface area contributed by atoms with Crippen molar-refractivity contribution < 1.29 is 32.2 Å². The lowest BCUT2D eigenvalue weighted by molar-refractivity contribution is 0.0636. The second-order valence-electron chi connectivity index (χ2n) is 12.5. The van der Waals surface area contributed by atoms with Gasteiger partial charge in [-0.15, -0.1) is 0 Å². The molecule has 0 spiro atoms. The van der Waals surface area contributed by atoms with Crippen molar-refractivity contribution in [1.29, 1.82) is 0 Å². The molecule has 1 amide bonds. The molecule has 0 aliphatic heterocycles. The second-order valence-corrected chi connectivity index (χ2v) is 14.4. The van der Waals surface area contributed by atoms with E-state index in [1.165, 1.54) is 4.31 Å². The van der Waals surface area contributed by atoms with Crippen LogP contribution in [0.15, 0.2) is 114 Å². The van der Waals surface area contributed by atoms with Crippen molar-refractivity contribution in [1.82, 2.24) is 9.29 Å². The molecule has 260 valence electrons. The van der Waals surface area contributed by atoms with Gasteiger partial charge in [-0.1, -0.05) is 54.6 Å². The van der Waals surface area contributed by atoms with Gasteiger partial charge in [-0.3, -0.25) is 10.3 Å². The second kappa shape index (κ2) is 15.4. The molecule has 0 radical (unpaired) electrons. The molecule has 0 unspecified atom stereocenters. The highest BCUT2D eigenvalue weighted by Gasteiger charge is 2.26. The van der Waals surface area contributed by atoms with Crippen LogP contribution in [0.1, 0.15) is 31.9 Å². The van der Waals surface area contributed by atoms with E-state index < -0.39 is 21.7 Å². The minimum absolute atomic E-state index is 0.138. The molecular weight excluding hydrogens is 655 g/mol. The van der Waals surface area contributed by atoms with Crippen molar-refractivity contribution >= 4 is 21.8 Å². The quantitative estimate of drug-likeness (QED) is 0.139. The number of benzene rings is 4. The number of carbonyl (C=O) groups excluding carboxylic acids is 1. The Hall–Kier alpha value is -5.39. The zero-order chi connectivity index (χ0) is 35.9. The molecule has 0 saturated heterocycles. The Morgan fingerprint density at radius 2 is 1.26 bits per heavy atom. The molecule has 0 atom stereocenters. The number of aromatic nitrogens is 1. The molecule has 11 heteroatoms. The third-order valence-electron chi connectivity index (χ3n) is 7.75. The number of nitrogens with zero attached hydrogens (tertiary/aromatic N) is 2. The molecule has 0 saturated carbocycles. The van der Waals surface area contributed by atoms with Crippen LogP contribution in [-0.4, -0.2) is 50.7 Å². The number of sulfonamides is 1. The van der Waals surface area contributed by atoms with Gasteiger partial charge in [0.2, 0.25) is 15.8 Å². The van der Waals surface area contributed by atoms with Gasteiger partial charge in [0.25, 0.3) is 0 Å². The first kappa shape index (κ1) is 35.9. The number of carbonyl (C=O) groups is 1. The lowest BCUT2D eigenvalue weighted by Gasteiger charge is -2.23. The smallest absolute Gasteiger partial charge is 0.412 e. The van der Waals surface area contributed by atoms with Gasteiger partial charge < -0.3 is 18.9 Å². The molecule has 1 N–H and O–H groups in total. The van der Waals surface area contributed by atoms with Gasteiger partial charge in [0.1, 0.15) is 5.60 Å². The SMILES string of the molecule is COc1cc(-c2ccc(S(=O)(=O)N(Cc3ccc(-c4ccc(NC(=O)OC(C)(C)C)cc4)cc3)Cc3cccnc3)cc2)cc(OC)c1OC. The molecule has 0 fully saturated rings. The highest BCUT2D eigenvalue weighted by atomic mass is 32.2. The predicted molar refractivity (Wildman–Crippen MR) is 194 cm³/mol. The summed E-state index contributed by atoms with van der Waals surface area (Å²) < 4.78 is 51.5. The normalized spacial score (nSPS) is 11.6. The van der Waals surface area contributed by atoms with E-state index in [9.17, 15) is 13.2 Å². The van der Waals surface area contributed by atoms with Crippen LogP contribution >= 0.6 is 0 Å². The number of anilines is 1. The molecule has 1 heterocycles. The van der Waals surface area contributed by atoms with Crippen LogP contribution in [0.3, 0.4) is 0 Å². The van der Waals surface area contributed by atoms with Crippen LogP contribution in [-0.2, 0) is 27.8 Å². The molecular formula is C39H41N3O7S. The topological polar surface area (TPSA) is 116 Å². The van der Waals surface area contributed by atoms with E-state index in [1.54, 1.807) is 64.1 Å². The van der Waals surface area contributed by atoms with Gasteiger partial charge in [0.05, 0.1) is 26.2 Å². The van der Waals surface area contributed by atoms with E-state index in [0.29, 0.717) is 22.9 Å². The minimum Gasteiger partial charge on any atom is -0.493 e. The number of ether oxygens (including phenoxy) is 4. The lowest BCUT2D eigenvalue weighted by Crippen LogP contribution is -2.30. The maximum Gasteiger partial charge on any atom is 0.412 e. The van der Waals surface area contributed by atoms with Crippen molar-refractivity contribution in [2.45, 2.75) is 44.4 Å². The molecule has 0 aliphatic carbocycles. The Kier molecular flexibility index (Phi) is 11.1. The highest BCUT2D eigenvalue weighted by molar-refractivity contribution is 7.89. The maximum absolute atomic E-state index is 14.2. The summed E-state index contributed by atoms with van der Waals surface area (Å²) in [5.41, 5.74) is 5.06. The number of nitrogens with one attached hydrogen (secondary N) is 1. The standard InChI is InChI=1S/C39H41N3O7S/c1-39(2,3)49-38(43)41-33-17-13-30(14-18-33)29-11-9-27(10-12-29)25-42(26-28-8-7-21-40-24-28)50(44,45)34-19-15-31(16-20-34)32-22-35(46-4)37(48-6)36(23-32)47-5/h7-24H,25-26H2,1-6H3,(H,41,43). The monoisotopic (exact) mass is 695 g/mol. The fourth-order valence-corrected chi connectivity index (χ4v) is 6.73. The summed E-state index contributed by atoms with van der Waals surface area (Å²) in [6.07, 6.45) is 2.80. The average molecular weight is 696 g/mol. The lowest BCUT2D eigenvalue weighted by atomic mass is 10.0. The van der Waals surface area contributed by atoms with Gasteiger partial charge >= 0.3 is 6.09 Å². The summed E-state index contributed by atoms with van der Waals surface area (Å²) in [7, 11) is 0.706. The molecule has 5 rings (SSSR count). The molecule has 4 aromatic carbocycles. The summed E-state index contributed by atoms with van der Waals surface area (Å²) in [6, 6.07) is 29.2. The molecule has 10 nitrogen and oxygen atoms in total. The van der Waals surface area contributed by atoms with Gasteiger partial charge in [-0.25, -0.2) is 13.2 Å².